The van der Waals surface area contributed by atoms with Crippen LogP contribution in [0.15, 0.2) is 60.7 Å². The fraction of sp³-hybridized carbons (Fsp3) is 0.167. The predicted molar refractivity (Wildman–Crippen MR) is 89.5 cm³/mol. The average molecular weight is 342 g/mol. The molecule has 0 aliphatic carbocycles. The second-order valence-electron chi connectivity index (χ2n) is 5.04. The second-order valence-corrected chi connectivity index (χ2v) is 5.04. The third-order valence-electron chi connectivity index (χ3n) is 3.11. The van der Waals surface area contributed by atoms with Crippen LogP contribution in [0.4, 0.5) is 0 Å². The highest BCUT2D eigenvalue weighted by Gasteiger charge is 2.18. The maximum absolute atomic E-state index is 11.8. The third kappa shape index (κ3) is 5.98. The van der Waals surface area contributed by atoms with Gasteiger partial charge >= 0.3 is 5.97 Å². The Morgan fingerprint density at radius 2 is 1.52 bits per heavy atom. The van der Waals surface area contributed by atoms with Gasteiger partial charge in [-0.2, -0.15) is 0 Å². The minimum Gasteiger partial charge on any atom is -0.482 e. The summed E-state index contributed by atoms with van der Waals surface area (Å²) in [7, 11) is 0. The Bertz CT molecular complexity index is 719. The molecule has 0 heterocycles. The molecule has 130 valence electrons. The zero-order chi connectivity index (χ0) is 18.1. The largest absolute Gasteiger partial charge is 0.482 e. The Kier molecular flexibility index (Phi) is 6.53. The molecule has 0 bridgehead atoms. The lowest BCUT2D eigenvalue weighted by molar-refractivity contribution is -0.156. The lowest BCUT2D eigenvalue weighted by Crippen LogP contribution is -2.47. The van der Waals surface area contributed by atoms with Gasteiger partial charge in [0, 0.05) is 5.56 Å². The van der Waals surface area contributed by atoms with Crippen molar-refractivity contribution in [2.45, 2.75) is 13.0 Å². The standard InChI is InChI=1S/C18H18N2O5/c1-13(25-16(21)12-24-15-10-6-3-7-11-15)17(22)19-20-18(23)14-8-4-2-5-9-14/h2-11,13H,12H2,1H3,(H,19,22)(H,20,23)/t13-/m0/s1. The topological polar surface area (TPSA) is 93.7 Å². The number of hydrazine groups is 1. The van der Waals surface area contributed by atoms with E-state index in [9.17, 15) is 14.4 Å². The number of hydrogen-bond donors (Lipinski definition) is 2. The van der Waals surface area contributed by atoms with E-state index in [0.29, 0.717) is 11.3 Å². The van der Waals surface area contributed by atoms with E-state index in [4.69, 9.17) is 9.47 Å². The van der Waals surface area contributed by atoms with Gasteiger partial charge in [-0.05, 0) is 31.2 Å². The summed E-state index contributed by atoms with van der Waals surface area (Å²) in [4.78, 5) is 35.3. The molecule has 2 rings (SSSR count). The van der Waals surface area contributed by atoms with Crippen molar-refractivity contribution in [3.05, 3.63) is 66.2 Å². The van der Waals surface area contributed by atoms with Crippen LogP contribution >= 0.6 is 0 Å². The summed E-state index contributed by atoms with van der Waals surface area (Å²) in [6.07, 6.45) is -1.08. The van der Waals surface area contributed by atoms with Gasteiger partial charge in [-0.25, -0.2) is 4.79 Å². The van der Waals surface area contributed by atoms with Crippen molar-refractivity contribution in [2.75, 3.05) is 6.61 Å². The summed E-state index contributed by atoms with van der Waals surface area (Å²) >= 11 is 0. The van der Waals surface area contributed by atoms with Crippen molar-refractivity contribution in [3.8, 4) is 5.75 Å². The number of carbonyl (C=O) groups excluding carboxylic acids is 3. The molecule has 0 aliphatic rings. The van der Waals surface area contributed by atoms with Crippen molar-refractivity contribution in [1.82, 2.24) is 10.9 Å². The van der Waals surface area contributed by atoms with Gasteiger partial charge in [-0.3, -0.25) is 20.4 Å². The number of hydrogen-bond acceptors (Lipinski definition) is 5. The molecule has 0 saturated carbocycles. The fourth-order valence-electron chi connectivity index (χ4n) is 1.83. The summed E-state index contributed by atoms with van der Waals surface area (Å²) in [5.41, 5.74) is 4.85. The normalized spacial score (nSPS) is 11.1. The number of benzene rings is 2. The maximum Gasteiger partial charge on any atom is 0.344 e. The van der Waals surface area contributed by atoms with E-state index >= 15 is 0 Å². The molecule has 0 saturated heterocycles. The average Bonchev–Trinajstić information content (AvgIpc) is 2.65. The number of amides is 2. The van der Waals surface area contributed by atoms with Gasteiger partial charge in [-0.15, -0.1) is 0 Å². The Morgan fingerprint density at radius 3 is 2.16 bits per heavy atom. The molecule has 0 spiro atoms. The SMILES string of the molecule is C[C@H](OC(=O)COc1ccccc1)C(=O)NNC(=O)c1ccccc1. The van der Waals surface area contributed by atoms with E-state index in [-0.39, 0.29) is 6.61 Å². The molecule has 0 unspecified atom stereocenters. The number of esters is 1. The van der Waals surface area contributed by atoms with Crippen molar-refractivity contribution in [1.29, 1.82) is 0 Å². The maximum atomic E-state index is 11.8. The molecule has 2 amide bonds. The minimum absolute atomic E-state index is 0.321. The van der Waals surface area contributed by atoms with Crippen LogP contribution in [0.5, 0.6) is 5.75 Å². The Morgan fingerprint density at radius 1 is 0.920 bits per heavy atom. The molecule has 7 heteroatoms. The zero-order valence-corrected chi connectivity index (χ0v) is 13.6. The van der Waals surface area contributed by atoms with Crippen LogP contribution in [-0.2, 0) is 14.3 Å². The van der Waals surface area contributed by atoms with E-state index in [0.717, 1.165) is 0 Å². The van der Waals surface area contributed by atoms with Gasteiger partial charge in [0.25, 0.3) is 11.8 Å². The molecule has 2 N–H and O–H groups in total. The predicted octanol–water partition coefficient (Wildman–Crippen LogP) is 1.46. The highest BCUT2D eigenvalue weighted by molar-refractivity contribution is 5.95. The number of nitrogens with one attached hydrogen (secondary N) is 2. The molecule has 1 atom stereocenters. The van der Waals surface area contributed by atoms with Gasteiger partial charge in [-0.1, -0.05) is 36.4 Å². The van der Waals surface area contributed by atoms with Crippen LogP contribution in [0, 0.1) is 0 Å². The molecule has 0 aliphatic heterocycles. The van der Waals surface area contributed by atoms with Crippen LogP contribution in [0.2, 0.25) is 0 Å². The molecular formula is C18H18N2O5. The van der Waals surface area contributed by atoms with Crippen LogP contribution in [-0.4, -0.2) is 30.5 Å². The van der Waals surface area contributed by atoms with E-state index in [1.54, 1.807) is 54.6 Å². The highest BCUT2D eigenvalue weighted by Crippen LogP contribution is 2.08. The Labute approximate surface area is 144 Å². The zero-order valence-electron chi connectivity index (χ0n) is 13.6. The quantitative estimate of drug-likeness (QED) is 0.612. The van der Waals surface area contributed by atoms with Gasteiger partial charge in [0.1, 0.15) is 5.75 Å². The van der Waals surface area contributed by atoms with Crippen LogP contribution < -0.4 is 15.6 Å². The van der Waals surface area contributed by atoms with Crippen molar-refractivity contribution >= 4 is 17.8 Å². The number of carbonyl (C=O) groups is 3. The van der Waals surface area contributed by atoms with Gasteiger partial charge in [0.15, 0.2) is 12.7 Å². The number of ether oxygens (including phenoxy) is 2. The molecule has 2 aromatic carbocycles. The second kappa shape index (κ2) is 9.07. The Balaban J connectivity index is 1.72. The highest BCUT2D eigenvalue weighted by atomic mass is 16.6. The van der Waals surface area contributed by atoms with Gasteiger partial charge in [0.05, 0.1) is 0 Å². The van der Waals surface area contributed by atoms with Crippen molar-refractivity contribution in [3.63, 3.8) is 0 Å². The summed E-state index contributed by atoms with van der Waals surface area (Å²) in [6, 6.07) is 17.1. The van der Waals surface area contributed by atoms with E-state index in [1.807, 2.05) is 6.07 Å². The molecule has 0 radical (unpaired) electrons. The monoisotopic (exact) mass is 342 g/mol. The van der Waals surface area contributed by atoms with E-state index in [2.05, 4.69) is 10.9 Å². The van der Waals surface area contributed by atoms with Gasteiger partial charge in [0.2, 0.25) is 0 Å². The first-order valence-corrected chi connectivity index (χ1v) is 7.59. The Hall–Kier alpha value is -3.35. The summed E-state index contributed by atoms with van der Waals surface area (Å²) in [5.74, 6) is -1.30. The van der Waals surface area contributed by atoms with Crippen LogP contribution in [0.3, 0.4) is 0 Å². The molecule has 25 heavy (non-hydrogen) atoms. The van der Waals surface area contributed by atoms with Gasteiger partial charge < -0.3 is 9.47 Å². The molecule has 0 fully saturated rings. The number of para-hydroxylation sites is 1. The van der Waals surface area contributed by atoms with E-state index < -0.39 is 23.9 Å². The first-order chi connectivity index (χ1) is 12.1. The summed E-state index contributed by atoms with van der Waals surface area (Å²) in [5, 5.41) is 0. The molecule has 2 aromatic rings. The first kappa shape index (κ1) is 18.0. The summed E-state index contributed by atoms with van der Waals surface area (Å²) < 4.78 is 10.2. The van der Waals surface area contributed by atoms with Crippen LogP contribution in [0.25, 0.3) is 0 Å². The first-order valence-electron chi connectivity index (χ1n) is 7.59. The van der Waals surface area contributed by atoms with Crippen molar-refractivity contribution < 1.29 is 23.9 Å². The minimum atomic E-state index is -1.08. The molecular weight excluding hydrogens is 324 g/mol. The van der Waals surface area contributed by atoms with E-state index in [1.165, 1.54) is 6.92 Å². The summed E-state index contributed by atoms with van der Waals surface area (Å²) in [6.45, 7) is 1.07. The van der Waals surface area contributed by atoms with Crippen LogP contribution in [0.1, 0.15) is 17.3 Å². The molecule has 7 nitrogen and oxygen atoms in total. The smallest absolute Gasteiger partial charge is 0.344 e. The fourth-order valence-corrected chi connectivity index (χ4v) is 1.83. The van der Waals surface area contributed by atoms with Crippen molar-refractivity contribution in [2.24, 2.45) is 0 Å². The lowest BCUT2D eigenvalue weighted by atomic mass is 10.2. The molecule has 0 aromatic heterocycles. The lowest BCUT2D eigenvalue weighted by Gasteiger charge is -2.14. The third-order valence-corrected chi connectivity index (χ3v) is 3.11. The number of rotatable bonds is 6.